The van der Waals surface area contributed by atoms with Crippen molar-refractivity contribution in [2.45, 2.75) is 39.7 Å². The molecular weight excluding hydrogens is 200 g/mol. The Hall–Kier alpha value is -0.130. The molecule has 0 radical (unpaired) electrons. The molecule has 0 aliphatic carbocycles. The minimum atomic E-state index is -3.09. The molecular formula is C9H22N2O2S. The van der Waals surface area contributed by atoms with E-state index in [1.165, 1.54) is 0 Å². The van der Waals surface area contributed by atoms with Gasteiger partial charge >= 0.3 is 0 Å². The lowest BCUT2D eigenvalue weighted by molar-refractivity contribution is 0.392. The summed E-state index contributed by atoms with van der Waals surface area (Å²) in [5.41, 5.74) is 5.87. The van der Waals surface area contributed by atoms with E-state index < -0.39 is 10.0 Å². The number of rotatable bonds is 7. The minimum absolute atomic E-state index is 0.0775. The highest BCUT2D eigenvalue weighted by atomic mass is 32.2. The van der Waals surface area contributed by atoms with Crippen molar-refractivity contribution >= 4 is 10.0 Å². The van der Waals surface area contributed by atoms with Crippen molar-refractivity contribution in [1.29, 1.82) is 0 Å². The van der Waals surface area contributed by atoms with Crippen LogP contribution in [0.15, 0.2) is 0 Å². The monoisotopic (exact) mass is 222 g/mol. The van der Waals surface area contributed by atoms with E-state index in [9.17, 15) is 8.42 Å². The highest BCUT2D eigenvalue weighted by molar-refractivity contribution is 7.89. The van der Waals surface area contributed by atoms with Crippen LogP contribution < -0.4 is 10.5 Å². The molecule has 1 atom stereocenters. The summed E-state index contributed by atoms with van der Waals surface area (Å²) in [6.45, 7) is 6.11. The predicted molar refractivity (Wildman–Crippen MR) is 59.5 cm³/mol. The van der Waals surface area contributed by atoms with Crippen LogP contribution in [0, 0.1) is 5.92 Å². The van der Waals surface area contributed by atoms with Gasteiger partial charge in [0.2, 0.25) is 10.0 Å². The lowest BCUT2D eigenvalue weighted by Crippen LogP contribution is -2.42. The summed E-state index contributed by atoms with van der Waals surface area (Å²) in [5.74, 6) is 0.511. The lowest BCUT2D eigenvalue weighted by atomic mass is 9.95. The Morgan fingerprint density at radius 1 is 1.21 bits per heavy atom. The molecule has 0 amide bonds. The molecule has 3 N–H and O–H groups in total. The summed E-state index contributed by atoms with van der Waals surface area (Å²) in [4.78, 5) is 0. The van der Waals surface area contributed by atoms with E-state index in [0.717, 1.165) is 12.8 Å². The third kappa shape index (κ3) is 4.93. The third-order valence-electron chi connectivity index (χ3n) is 2.57. The first-order chi connectivity index (χ1) is 6.46. The Morgan fingerprint density at radius 2 is 1.71 bits per heavy atom. The van der Waals surface area contributed by atoms with Crippen LogP contribution in [-0.4, -0.2) is 26.8 Å². The van der Waals surface area contributed by atoms with Gasteiger partial charge in [-0.2, -0.15) is 0 Å². The summed E-state index contributed by atoms with van der Waals surface area (Å²) in [5, 5.41) is 0. The van der Waals surface area contributed by atoms with E-state index in [0.29, 0.717) is 12.5 Å². The molecule has 0 bridgehead atoms. The molecule has 0 aromatic rings. The maximum atomic E-state index is 11.1. The fourth-order valence-electron chi connectivity index (χ4n) is 1.39. The maximum absolute atomic E-state index is 11.1. The molecule has 0 rings (SSSR count). The van der Waals surface area contributed by atoms with Gasteiger partial charge < -0.3 is 5.73 Å². The van der Waals surface area contributed by atoms with Crippen molar-refractivity contribution in [3.63, 3.8) is 0 Å². The van der Waals surface area contributed by atoms with E-state index >= 15 is 0 Å². The Bertz CT molecular complexity index is 235. The average Bonchev–Trinajstić information content (AvgIpc) is 2.17. The number of sulfonamides is 1. The van der Waals surface area contributed by atoms with E-state index in [4.69, 9.17) is 5.73 Å². The van der Waals surface area contributed by atoms with Gasteiger partial charge in [-0.15, -0.1) is 0 Å². The molecule has 0 aliphatic heterocycles. The molecule has 4 nitrogen and oxygen atoms in total. The summed E-state index contributed by atoms with van der Waals surface area (Å²) < 4.78 is 24.8. The fourth-order valence-corrected chi connectivity index (χ4v) is 2.04. The molecule has 0 heterocycles. The van der Waals surface area contributed by atoms with Gasteiger partial charge in [0.15, 0.2) is 0 Å². The Morgan fingerprint density at radius 3 is 2.07 bits per heavy atom. The second kappa shape index (κ2) is 6.37. The molecule has 0 saturated carbocycles. The van der Waals surface area contributed by atoms with Crippen molar-refractivity contribution in [2.75, 3.05) is 12.3 Å². The zero-order chi connectivity index (χ0) is 11.2. The first kappa shape index (κ1) is 13.9. The summed E-state index contributed by atoms with van der Waals surface area (Å²) in [7, 11) is -3.09. The van der Waals surface area contributed by atoms with Crippen molar-refractivity contribution in [3.05, 3.63) is 0 Å². The maximum Gasteiger partial charge on any atom is 0.211 e. The van der Waals surface area contributed by atoms with Crippen LogP contribution in [0.5, 0.6) is 0 Å². The largest absolute Gasteiger partial charge is 0.326 e. The number of hydrogen-bond donors (Lipinski definition) is 2. The third-order valence-corrected chi connectivity index (χ3v) is 3.94. The molecule has 0 aromatic carbocycles. The molecule has 0 aliphatic rings. The SMILES string of the molecule is CCC(CC)C(N)CNS(=O)(=O)CC. The predicted octanol–water partition coefficient (Wildman–Crippen LogP) is 0.689. The van der Waals surface area contributed by atoms with Crippen molar-refractivity contribution in [2.24, 2.45) is 11.7 Å². The quantitative estimate of drug-likeness (QED) is 0.665. The van der Waals surface area contributed by atoms with Crippen LogP contribution in [0.4, 0.5) is 0 Å². The van der Waals surface area contributed by atoms with Gasteiger partial charge in [0.25, 0.3) is 0 Å². The van der Waals surface area contributed by atoms with Crippen LogP contribution in [0.25, 0.3) is 0 Å². The number of nitrogens with one attached hydrogen (secondary N) is 1. The summed E-state index contributed by atoms with van der Waals surface area (Å²) >= 11 is 0. The Kier molecular flexibility index (Phi) is 6.31. The molecule has 86 valence electrons. The first-order valence-corrected chi connectivity index (χ1v) is 6.84. The van der Waals surface area contributed by atoms with Crippen LogP contribution in [0.2, 0.25) is 0 Å². The van der Waals surface area contributed by atoms with E-state index in [2.05, 4.69) is 18.6 Å². The highest BCUT2D eigenvalue weighted by Gasteiger charge is 2.16. The zero-order valence-electron chi connectivity index (χ0n) is 9.29. The lowest BCUT2D eigenvalue weighted by Gasteiger charge is -2.21. The summed E-state index contributed by atoms with van der Waals surface area (Å²) in [6, 6.07) is -0.0775. The van der Waals surface area contributed by atoms with Crippen molar-refractivity contribution < 1.29 is 8.42 Å². The second-order valence-electron chi connectivity index (χ2n) is 3.49. The van der Waals surface area contributed by atoms with Gasteiger partial charge in [-0.05, 0) is 12.8 Å². The molecule has 0 saturated heterocycles. The van der Waals surface area contributed by atoms with Gasteiger partial charge in [0.1, 0.15) is 0 Å². The molecule has 5 heteroatoms. The molecule has 1 unspecified atom stereocenters. The number of hydrogen-bond acceptors (Lipinski definition) is 3. The van der Waals surface area contributed by atoms with E-state index in [1.807, 2.05) is 0 Å². The minimum Gasteiger partial charge on any atom is -0.326 e. The first-order valence-electron chi connectivity index (χ1n) is 5.19. The Labute approximate surface area is 87.3 Å². The fraction of sp³-hybridized carbons (Fsp3) is 1.00. The van der Waals surface area contributed by atoms with Gasteiger partial charge in [-0.1, -0.05) is 26.7 Å². The van der Waals surface area contributed by atoms with Crippen molar-refractivity contribution in [3.8, 4) is 0 Å². The zero-order valence-corrected chi connectivity index (χ0v) is 10.1. The molecule has 0 fully saturated rings. The van der Waals surface area contributed by atoms with Gasteiger partial charge in [-0.3, -0.25) is 0 Å². The van der Waals surface area contributed by atoms with Crippen molar-refractivity contribution in [1.82, 2.24) is 4.72 Å². The van der Waals surface area contributed by atoms with E-state index in [-0.39, 0.29) is 11.8 Å². The normalized spacial score (nSPS) is 14.6. The second-order valence-corrected chi connectivity index (χ2v) is 5.59. The highest BCUT2D eigenvalue weighted by Crippen LogP contribution is 2.10. The summed E-state index contributed by atoms with van der Waals surface area (Å²) in [6.07, 6.45) is 1.98. The number of nitrogens with two attached hydrogens (primary N) is 1. The van der Waals surface area contributed by atoms with Gasteiger partial charge in [-0.25, -0.2) is 13.1 Å². The van der Waals surface area contributed by atoms with Crippen LogP contribution in [0.1, 0.15) is 33.6 Å². The van der Waals surface area contributed by atoms with Crippen LogP contribution in [0.3, 0.4) is 0 Å². The Balaban J connectivity index is 4.01. The average molecular weight is 222 g/mol. The molecule has 14 heavy (non-hydrogen) atoms. The van der Waals surface area contributed by atoms with Gasteiger partial charge in [0, 0.05) is 12.6 Å². The standard InChI is InChI=1S/C9H22N2O2S/c1-4-8(5-2)9(10)7-11-14(12,13)6-3/h8-9,11H,4-7,10H2,1-3H3. The topological polar surface area (TPSA) is 72.2 Å². The van der Waals surface area contributed by atoms with Gasteiger partial charge in [0.05, 0.1) is 5.75 Å². The van der Waals surface area contributed by atoms with Crippen LogP contribution >= 0.6 is 0 Å². The molecule has 0 aromatic heterocycles. The van der Waals surface area contributed by atoms with Crippen LogP contribution in [-0.2, 0) is 10.0 Å². The molecule has 0 spiro atoms. The smallest absolute Gasteiger partial charge is 0.211 e. The van der Waals surface area contributed by atoms with E-state index in [1.54, 1.807) is 6.92 Å².